The molecular weight excluding hydrogens is 236 g/mol. The monoisotopic (exact) mass is 258 g/mol. The second-order valence-electron chi connectivity index (χ2n) is 5.33. The van der Waals surface area contributed by atoms with Gasteiger partial charge in [-0.3, -0.25) is 0 Å². The third kappa shape index (κ3) is 4.12. The number of nitrogens with one attached hydrogen (secondary N) is 2. The van der Waals surface area contributed by atoms with Gasteiger partial charge in [0.1, 0.15) is 0 Å². The molecule has 1 aromatic rings. The zero-order valence-electron chi connectivity index (χ0n) is 11.7. The molecule has 2 N–H and O–H groups in total. The molecule has 0 aromatic heterocycles. The van der Waals surface area contributed by atoms with Crippen LogP contribution in [0.1, 0.15) is 38.2 Å². The fourth-order valence-corrected chi connectivity index (χ4v) is 2.48. The molecule has 3 heteroatoms. The number of urea groups is 1. The molecule has 0 radical (unpaired) electrons. The number of aryl methyl sites for hydroxylation is 1. The van der Waals surface area contributed by atoms with Gasteiger partial charge in [0.25, 0.3) is 0 Å². The Kier molecular flexibility index (Phi) is 4.61. The summed E-state index contributed by atoms with van der Waals surface area (Å²) in [6.45, 7) is 4.12. The second-order valence-corrected chi connectivity index (χ2v) is 5.33. The number of carbonyl (C=O) groups excluding carboxylic acids is 1. The van der Waals surface area contributed by atoms with Crippen molar-refractivity contribution in [3.8, 4) is 0 Å². The van der Waals surface area contributed by atoms with Crippen molar-refractivity contribution in [2.45, 2.75) is 39.5 Å². The molecule has 1 aliphatic carbocycles. The zero-order chi connectivity index (χ0) is 13.7. The van der Waals surface area contributed by atoms with Crippen LogP contribution in [0.4, 0.5) is 10.5 Å². The largest absolute Gasteiger partial charge is 0.323 e. The minimum absolute atomic E-state index is 0.179. The highest BCUT2D eigenvalue weighted by molar-refractivity contribution is 5.89. The van der Waals surface area contributed by atoms with Gasteiger partial charge in [-0.1, -0.05) is 36.1 Å². The van der Waals surface area contributed by atoms with Gasteiger partial charge in [-0.25, -0.2) is 4.79 Å². The first-order valence-electron chi connectivity index (χ1n) is 6.96. The first kappa shape index (κ1) is 13.7. The summed E-state index contributed by atoms with van der Waals surface area (Å²) < 4.78 is 0. The van der Waals surface area contributed by atoms with Gasteiger partial charge >= 0.3 is 6.03 Å². The number of hydrogen-bond donors (Lipinski definition) is 2. The smallest absolute Gasteiger partial charge is 0.314 e. The van der Waals surface area contributed by atoms with Crippen molar-refractivity contribution in [1.82, 2.24) is 5.32 Å². The van der Waals surface area contributed by atoms with Crippen molar-refractivity contribution in [1.29, 1.82) is 0 Å². The summed E-state index contributed by atoms with van der Waals surface area (Å²) in [7, 11) is 0. The molecule has 0 spiro atoms. The third-order valence-corrected chi connectivity index (χ3v) is 3.74. The van der Waals surface area contributed by atoms with Gasteiger partial charge < -0.3 is 10.6 Å². The van der Waals surface area contributed by atoms with Crippen molar-refractivity contribution in [2.75, 3.05) is 5.32 Å². The molecule has 2 rings (SSSR count). The maximum atomic E-state index is 11.7. The maximum Gasteiger partial charge on any atom is 0.323 e. The van der Waals surface area contributed by atoms with Crippen LogP contribution in [-0.2, 0) is 0 Å². The number of anilines is 1. The second kappa shape index (κ2) is 6.41. The summed E-state index contributed by atoms with van der Waals surface area (Å²) in [6, 6.07) is 7.59. The molecule has 0 bridgehead atoms. The fourth-order valence-electron chi connectivity index (χ4n) is 2.48. The molecule has 0 aliphatic heterocycles. The average Bonchev–Trinajstić information content (AvgIpc) is 2.93. The summed E-state index contributed by atoms with van der Waals surface area (Å²) in [4.78, 5) is 11.7. The van der Waals surface area contributed by atoms with Crippen LogP contribution in [0.3, 0.4) is 0 Å². The molecule has 2 amide bonds. The van der Waals surface area contributed by atoms with Crippen LogP contribution in [0.2, 0.25) is 0 Å². The minimum atomic E-state index is -0.179. The fraction of sp³-hybridized carbons (Fsp3) is 0.438. The van der Waals surface area contributed by atoms with E-state index in [1.807, 2.05) is 37.4 Å². The molecule has 19 heavy (non-hydrogen) atoms. The number of amides is 2. The van der Waals surface area contributed by atoms with Crippen molar-refractivity contribution < 1.29 is 4.79 Å². The van der Waals surface area contributed by atoms with Gasteiger partial charge in [-0.05, 0) is 44.7 Å². The van der Waals surface area contributed by atoms with E-state index in [2.05, 4.69) is 17.6 Å². The van der Waals surface area contributed by atoms with E-state index in [0.717, 1.165) is 5.69 Å². The van der Waals surface area contributed by atoms with Crippen molar-refractivity contribution in [3.05, 3.63) is 41.6 Å². The predicted octanol–water partition coefficient (Wildman–Crippen LogP) is 4.21. The number of hydrogen-bond acceptors (Lipinski definition) is 1. The van der Waals surface area contributed by atoms with Crippen LogP contribution in [0.25, 0.3) is 0 Å². The predicted molar refractivity (Wildman–Crippen MR) is 79.0 cm³/mol. The van der Waals surface area contributed by atoms with E-state index in [-0.39, 0.29) is 6.03 Å². The quantitative estimate of drug-likeness (QED) is 0.837. The molecule has 0 unspecified atom stereocenters. The Hall–Kier alpha value is -1.77. The average molecular weight is 258 g/mol. The topological polar surface area (TPSA) is 41.1 Å². The van der Waals surface area contributed by atoms with E-state index < -0.39 is 0 Å². The van der Waals surface area contributed by atoms with Crippen molar-refractivity contribution >= 4 is 11.7 Å². The Bertz CT molecular complexity index is 456. The SMILES string of the molecule is C/C(=C\NC(=O)Nc1ccc(C)cc1)C1CCCC1. The summed E-state index contributed by atoms with van der Waals surface area (Å²) in [6.07, 6.45) is 6.98. The first-order chi connectivity index (χ1) is 9.15. The molecule has 0 heterocycles. The lowest BCUT2D eigenvalue weighted by atomic mass is 10.0. The van der Waals surface area contributed by atoms with Crippen LogP contribution < -0.4 is 10.6 Å². The van der Waals surface area contributed by atoms with Gasteiger partial charge in [0, 0.05) is 11.9 Å². The van der Waals surface area contributed by atoms with Crippen molar-refractivity contribution in [2.24, 2.45) is 5.92 Å². The normalized spacial score (nSPS) is 16.4. The Morgan fingerprint density at radius 1 is 1.21 bits per heavy atom. The molecular formula is C16H22N2O. The van der Waals surface area contributed by atoms with Crippen LogP contribution in [0.15, 0.2) is 36.0 Å². The lowest BCUT2D eigenvalue weighted by Gasteiger charge is -2.10. The Morgan fingerprint density at radius 3 is 2.47 bits per heavy atom. The van der Waals surface area contributed by atoms with Crippen LogP contribution in [0.5, 0.6) is 0 Å². The highest BCUT2D eigenvalue weighted by atomic mass is 16.2. The van der Waals surface area contributed by atoms with Gasteiger partial charge in [-0.15, -0.1) is 0 Å². The van der Waals surface area contributed by atoms with Gasteiger partial charge in [0.15, 0.2) is 0 Å². The number of rotatable bonds is 3. The van der Waals surface area contributed by atoms with E-state index in [1.54, 1.807) is 0 Å². The van der Waals surface area contributed by atoms with Gasteiger partial charge in [0.2, 0.25) is 0 Å². The molecule has 1 fully saturated rings. The van der Waals surface area contributed by atoms with Crippen LogP contribution in [-0.4, -0.2) is 6.03 Å². The van der Waals surface area contributed by atoms with Gasteiger partial charge in [-0.2, -0.15) is 0 Å². The molecule has 1 saturated carbocycles. The minimum Gasteiger partial charge on any atom is -0.314 e. The highest BCUT2D eigenvalue weighted by Gasteiger charge is 2.16. The number of allylic oxidation sites excluding steroid dienone is 1. The highest BCUT2D eigenvalue weighted by Crippen LogP contribution is 2.30. The molecule has 0 atom stereocenters. The lowest BCUT2D eigenvalue weighted by Crippen LogP contribution is -2.24. The third-order valence-electron chi connectivity index (χ3n) is 3.74. The van der Waals surface area contributed by atoms with E-state index in [9.17, 15) is 4.79 Å². The Labute approximate surface area is 115 Å². The number of benzene rings is 1. The number of carbonyl (C=O) groups is 1. The molecule has 1 aromatic carbocycles. The Morgan fingerprint density at radius 2 is 1.84 bits per heavy atom. The summed E-state index contributed by atoms with van der Waals surface area (Å²) in [5.74, 6) is 0.652. The molecule has 1 aliphatic rings. The van der Waals surface area contributed by atoms with E-state index in [4.69, 9.17) is 0 Å². The molecule has 0 saturated heterocycles. The van der Waals surface area contributed by atoms with E-state index >= 15 is 0 Å². The van der Waals surface area contributed by atoms with E-state index in [0.29, 0.717) is 5.92 Å². The van der Waals surface area contributed by atoms with Crippen LogP contribution >= 0.6 is 0 Å². The molecule has 102 valence electrons. The lowest BCUT2D eigenvalue weighted by molar-refractivity contribution is 0.255. The summed E-state index contributed by atoms with van der Waals surface area (Å²) in [5.41, 5.74) is 3.27. The van der Waals surface area contributed by atoms with E-state index in [1.165, 1.54) is 36.8 Å². The maximum absolute atomic E-state index is 11.7. The summed E-state index contributed by atoms with van der Waals surface area (Å²) >= 11 is 0. The summed E-state index contributed by atoms with van der Waals surface area (Å²) in [5, 5.41) is 5.63. The standard InChI is InChI=1S/C16H22N2O/c1-12-7-9-15(10-8-12)18-16(19)17-11-13(2)14-5-3-4-6-14/h7-11,14H,3-6H2,1-2H3,(H2,17,18,19)/b13-11+. The first-order valence-corrected chi connectivity index (χ1v) is 6.96. The van der Waals surface area contributed by atoms with Crippen molar-refractivity contribution in [3.63, 3.8) is 0 Å². The molecule has 3 nitrogen and oxygen atoms in total. The Balaban J connectivity index is 1.83. The van der Waals surface area contributed by atoms with Crippen LogP contribution in [0, 0.1) is 12.8 Å². The van der Waals surface area contributed by atoms with Gasteiger partial charge in [0.05, 0.1) is 0 Å². The zero-order valence-corrected chi connectivity index (χ0v) is 11.7.